The van der Waals surface area contributed by atoms with E-state index in [1.54, 1.807) is 9.80 Å². The Morgan fingerprint density at radius 1 is 1.42 bits per heavy atom. The molecule has 1 atom stereocenters. The summed E-state index contributed by atoms with van der Waals surface area (Å²) in [4.78, 5) is 31.0. The molecular formula is C12H14N4O3. The number of piperazine rings is 1. The van der Waals surface area contributed by atoms with Crippen molar-refractivity contribution in [3.63, 3.8) is 0 Å². The van der Waals surface area contributed by atoms with Crippen molar-refractivity contribution in [2.45, 2.75) is 6.04 Å². The van der Waals surface area contributed by atoms with Gasteiger partial charge in [0.25, 0.3) is 5.91 Å². The van der Waals surface area contributed by atoms with Crippen molar-refractivity contribution < 1.29 is 14.7 Å². The SMILES string of the molecule is O=C(c1cncc(O)c1)N1CCN2C(=O)NCC2C1. The number of hydrogen-bond donors (Lipinski definition) is 2. The summed E-state index contributed by atoms with van der Waals surface area (Å²) in [5.41, 5.74) is 0.366. The van der Waals surface area contributed by atoms with Gasteiger partial charge in [0.1, 0.15) is 5.75 Å². The first-order valence-electron chi connectivity index (χ1n) is 6.13. The molecule has 19 heavy (non-hydrogen) atoms. The van der Waals surface area contributed by atoms with E-state index < -0.39 is 0 Å². The summed E-state index contributed by atoms with van der Waals surface area (Å²) in [5.74, 6) is -0.190. The summed E-state index contributed by atoms with van der Waals surface area (Å²) in [6, 6.07) is 1.38. The van der Waals surface area contributed by atoms with Crippen LogP contribution in [0.5, 0.6) is 5.75 Å². The van der Waals surface area contributed by atoms with Gasteiger partial charge in [-0.05, 0) is 6.07 Å². The van der Waals surface area contributed by atoms with Crippen LogP contribution in [0, 0.1) is 0 Å². The average Bonchev–Trinajstić information content (AvgIpc) is 2.79. The topological polar surface area (TPSA) is 85.8 Å². The van der Waals surface area contributed by atoms with Crippen LogP contribution in [0.3, 0.4) is 0 Å². The largest absolute Gasteiger partial charge is 0.506 e. The third-order valence-electron chi connectivity index (χ3n) is 3.49. The molecule has 1 unspecified atom stereocenters. The van der Waals surface area contributed by atoms with Gasteiger partial charge in [-0.2, -0.15) is 0 Å². The van der Waals surface area contributed by atoms with Gasteiger partial charge in [-0.25, -0.2) is 4.79 Å². The molecule has 0 bridgehead atoms. The van der Waals surface area contributed by atoms with E-state index in [2.05, 4.69) is 10.3 Å². The van der Waals surface area contributed by atoms with Gasteiger partial charge in [0.05, 0.1) is 17.8 Å². The molecule has 0 spiro atoms. The van der Waals surface area contributed by atoms with E-state index in [9.17, 15) is 14.7 Å². The van der Waals surface area contributed by atoms with Crippen LogP contribution in [-0.4, -0.2) is 64.0 Å². The number of aromatic hydroxyl groups is 1. The van der Waals surface area contributed by atoms with Gasteiger partial charge >= 0.3 is 6.03 Å². The van der Waals surface area contributed by atoms with Gasteiger partial charge in [-0.1, -0.05) is 0 Å². The van der Waals surface area contributed by atoms with Crippen LogP contribution in [0.2, 0.25) is 0 Å². The van der Waals surface area contributed by atoms with Crippen LogP contribution in [0.25, 0.3) is 0 Å². The van der Waals surface area contributed by atoms with Gasteiger partial charge in [0.15, 0.2) is 0 Å². The normalized spacial score (nSPS) is 22.1. The zero-order valence-corrected chi connectivity index (χ0v) is 10.2. The standard InChI is InChI=1S/C12H14N4O3/c17-10-3-8(4-13-6-10)11(18)15-1-2-16-9(7-15)5-14-12(16)19/h3-4,6,9,17H,1-2,5,7H2,(H,14,19). The number of nitrogens with one attached hydrogen (secondary N) is 1. The fourth-order valence-corrected chi connectivity index (χ4v) is 2.52. The molecule has 3 heterocycles. The molecule has 100 valence electrons. The Morgan fingerprint density at radius 2 is 2.26 bits per heavy atom. The van der Waals surface area contributed by atoms with Crippen molar-refractivity contribution in [1.82, 2.24) is 20.1 Å². The third-order valence-corrected chi connectivity index (χ3v) is 3.49. The van der Waals surface area contributed by atoms with Crippen molar-refractivity contribution >= 4 is 11.9 Å². The lowest BCUT2D eigenvalue weighted by Crippen LogP contribution is -2.53. The Labute approximate surface area is 109 Å². The number of urea groups is 1. The summed E-state index contributed by atoms with van der Waals surface area (Å²) < 4.78 is 0. The zero-order chi connectivity index (χ0) is 13.4. The molecule has 0 aliphatic carbocycles. The minimum atomic E-state index is -0.164. The van der Waals surface area contributed by atoms with Gasteiger partial charge in [-0.15, -0.1) is 0 Å². The highest BCUT2D eigenvalue weighted by Gasteiger charge is 2.37. The third kappa shape index (κ3) is 2.07. The quantitative estimate of drug-likeness (QED) is 0.723. The molecule has 2 fully saturated rings. The monoisotopic (exact) mass is 262 g/mol. The van der Waals surface area contributed by atoms with Gasteiger partial charge < -0.3 is 20.2 Å². The van der Waals surface area contributed by atoms with Crippen LogP contribution in [0.4, 0.5) is 4.79 Å². The number of rotatable bonds is 1. The number of amides is 3. The minimum absolute atomic E-state index is 0.0257. The summed E-state index contributed by atoms with van der Waals surface area (Å²) in [7, 11) is 0. The molecule has 2 saturated heterocycles. The Bertz CT molecular complexity index is 533. The molecule has 7 nitrogen and oxygen atoms in total. The van der Waals surface area contributed by atoms with Crippen molar-refractivity contribution in [3.8, 4) is 5.75 Å². The lowest BCUT2D eigenvalue weighted by Gasteiger charge is -2.36. The van der Waals surface area contributed by atoms with Crippen molar-refractivity contribution in [2.24, 2.45) is 0 Å². The van der Waals surface area contributed by atoms with Crippen LogP contribution in [0.1, 0.15) is 10.4 Å². The molecule has 2 aliphatic rings. The lowest BCUT2D eigenvalue weighted by atomic mass is 10.1. The van der Waals surface area contributed by atoms with Crippen LogP contribution in [-0.2, 0) is 0 Å². The van der Waals surface area contributed by atoms with E-state index >= 15 is 0 Å². The number of carbonyl (C=O) groups excluding carboxylic acids is 2. The van der Waals surface area contributed by atoms with Gasteiger partial charge in [0, 0.05) is 32.4 Å². The predicted molar refractivity (Wildman–Crippen MR) is 65.7 cm³/mol. The smallest absolute Gasteiger partial charge is 0.317 e. The predicted octanol–water partition coefficient (Wildman–Crippen LogP) is -0.363. The van der Waals surface area contributed by atoms with E-state index in [1.165, 1.54) is 18.5 Å². The van der Waals surface area contributed by atoms with E-state index in [1.807, 2.05) is 0 Å². The number of carbonyl (C=O) groups is 2. The summed E-state index contributed by atoms with van der Waals surface area (Å²) >= 11 is 0. The minimum Gasteiger partial charge on any atom is -0.506 e. The Hall–Kier alpha value is -2.31. The zero-order valence-electron chi connectivity index (χ0n) is 10.2. The molecule has 0 aromatic carbocycles. The summed E-state index contributed by atoms with van der Waals surface area (Å²) in [6.45, 7) is 2.11. The molecule has 7 heteroatoms. The van der Waals surface area contributed by atoms with Crippen molar-refractivity contribution in [3.05, 3.63) is 24.0 Å². The maximum atomic E-state index is 12.3. The van der Waals surface area contributed by atoms with E-state index in [4.69, 9.17) is 0 Å². The maximum absolute atomic E-state index is 12.3. The average molecular weight is 262 g/mol. The van der Waals surface area contributed by atoms with Crippen LogP contribution < -0.4 is 5.32 Å². The van der Waals surface area contributed by atoms with Crippen molar-refractivity contribution in [1.29, 1.82) is 0 Å². The summed E-state index contributed by atoms with van der Waals surface area (Å²) in [6.07, 6.45) is 2.72. The number of hydrogen-bond acceptors (Lipinski definition) is 4. The second kappa shape index (κ2) is 4.42. The number of nitrogens with zero attached hydrogens (tertiary/aromatic N) is 3. The Morgan fingerprint density at radius 3 is 3.05 bits per heavy atom. The van der Waals surface area contributed by atoms with Gasteiger partial charge in [-0.3, -0.25) is 9.78 Å². The first kappa shape index (κ1) is 11.8. The molecule has 0 radical (unpaired) electrons. The van der Waals surface area contributed by atoms with E-state index in [-0.39, 0.29) is 23.7 Å². The molecule has 1 aromatic heterocycles. The maximum Gasteiger partial charge on any atom is 0.317 e. The van der Waals surface area contributed by atoms with E-state index in [0.29, 0.717) is 31.7 Å². The Kier molecular flexibility index (Phi) is 2.73. The number of fused-ring (bicyclic) bond motifs is 1. The molecule has 3 rings (SSSR count). The highest BCUT2D eigenvalue weighted by atomic mass is 16.3. The summed E-state index contributed by atoms with van der Waals surface area (Å²) in [5, 5.41) is 12.1. The molecule has 2 N–H and O–H groups in total. The molecule has 3 amide bonds. The highest BCUT2D eigenvalue weighted by molar-refractivity contribution is 5.94. The first-order chi connectivity index (χ1) is 9.15. The molecule has 1 aromatic rings. The highest BCUT2D eigenvalue weighted by Crippen LogP contribution is 2.17. The first-order valence-corrected chi connectivity index (χ1v) is 6.13. The van der Waals surface area contributed by atoms with E-state index in [0.717, 1.165) is 0 Å². The molecule has 2 aliphatic heterocycles. The fraction of sp³-hybridized carbons (Fsp3) is 0.417. The fourth-order valence-electron chi connectivity index (χ4n) is 2.52. The second-order valence-electron chi connectivity index (χ2n) is 4.72. The molecule has 0 saturated carbocycles. The second-order valence-corrected chi connectivity index (χ2v) is 4.72. The number of aromatic nitrogens is 1. The van der Waals surface area contributed by atoms with Crippen LogP contribution in [0.15, 0.2) is 18.5 Å². The lowest BCUT2D eigenvalue weighted by molar-refractivity contribution is 0.0616. The number of pyridine rings is 1. The van der Waals surface area contributed by atoms with Gasteiger partial charge in [0.2, 0.25) is 0 Å². The van der Waals surface area contributed by atoms with Crippen LogP contribution >= 0.6 is 0 Å². The molecular weight excluding hydrogens is 248 g/mol. The Balaban J connectivity index is 1.74. The van der Waals surface area contributed by atoms with Crippen molar-refractivity contribution in [2.75, 3.05) is 26.2 Å².